The van der Waals surface area contributed by atoms with Crippen LogP contribution in [-0.2, 0) is 10.7 Å². The van der Waals surface area contributed by atoms with Crippen LogP contribution in [0, 0.1) is 0 Å². The molecule has 0 heterocycles. The van der Waals surface area contributed by atoms with E-state index in [2.05, 4.69) is 12.1 Å². The van der Waals surface area contributed by atoms with Crippen molar-refractivity contribution in [1.82, 2.24) is 0 Å². The van der Waals surface area contributed by atoms with E-state index < -0.39 is 7.14 Å². The van der Waals surface area contributed by atoms with Crippen molar-refractivity contribution in [3.05, 3.63) is 60.2 Å². The predicted molar refractivity (Wildman–Crippen MR) is 97.3 cm³/mol. The maximum absolute atomic E-state index is 14.2. The van der Waals surface area contributed by atoms with Crippen molar-refractivity contribution in [1.29, 1.82) is 0 Å². The third-order valence-corrected chi connectivity index (χ3v) is 8.60. The van der Waals surface area contributed by atoms with Gasteiger partial charge in [0.2, 0.25) is 0 Å². The van der Waals surface area contributed by atoms with E-state index in [1.165, 1.54) is 24.8 Å². The minimum atomic E-state index is -2.49. The van der Waals surface area contributed by atoms with Crippen molar-refractivity contribution in [3.8, 4) is 5.75 Å². The topological polar surface area (TPSA) is 26.3 Å². The van der Waals surface area contributed by atoms with Crippen LogP contribution in [0.3, 0.4) is 0 Å². The van der Waals surface area contributed by atoms with Crippen LogP contribution in [0.25, 0.3) is 0 Å². The number of hydrogen-bond donors (Lipinski definition) is 0. The highest BCUT2D eigenvalue weighted by Gasteiger charge is 2.35. The fraction of sp³-hybridized carbons (Fsp3) is 0.400. The summed E-state index contributed by atoms with van der Waals surface area (Å²) in [5.41, 5.74) is 1.48. The van der Waals surface area contributed by atoms with Crippen LogP contribution < -0.4 is 10.0 Å². The van der Waals surface area contributed by atoms with Crippen LogP contribution >= 0.6 is 7.14 Å². The lowest BCUT2D eigenvalue weighted by molar-refractivity contribution is 0.415. The second-order valence-electron chi connectivity index (χ2n) is 6.43. The molecule has 0 aliphatic heterocycles. The first-order valence-electron chi connectivity index (χ1n) is 8.50. The summed E-state index contributed by atoms with van der Waals surface area (Å²) < 4.78 is 19.5. The van der Waals surface area contributed by atoms with Gasteiger partial charge in [0.05, 0.1) is 7.11 Å². The Morgan fingerprint density at radius 2 is 1.74 bits per heavy atom. The second kappa shape index (κ2) is 7.36. The zero-order valence-electron chi connectivity index (χ0n) is 13.8. The summed E-state index contributed by atoms with van der Waals surface area (Å²) in [6.45, 7) is 0. The first kappa shape index (κ1) is 16.3. The van der Waals surface area contributed by atoms with E-state index in [0.717, 1.165) is 23.9 Å². The summed E-state index contributed by atoms with van der Waals surface area (Å²) in [7, 11) is -0.821. The van der Waals surface area contributed by atoms with E-state index in [0.29, 0.717) is 11.8 Å². The molecular formula is C20H25O2P. The van der Waals surface area contributed by atoms with Crippen molar-refractivity contribution in [2.45, 2.75) is 43.9 Å². The zero-order valence-corrected chi connectivity index (χ0v) is 14.7. The van der Waals surface area contributed by atoms with E-state index in [9.17, 15) is 4.57 Å². The molecule has 3 rings (SSSR count). The number of ether oxygens (including phenoxy) is 1. The fourth-order valence-corrected chi connectivity index (χ4v) is 7.13. The highest BCUT2D eigenvalue weighted by Crippen LogP contribution is 2.57. The maximum Gasteiger partial charge on any atom is 0.122 e. The summed E-state index contributed by atoms with van der Waals surface area (Å²) in [5.74, 6) is 0.798. The van der Waals surface area contributed by atoms with Crippen molar-refractivity contribution >= 4 is 12.4 Å². The average molecular weight is 328 g/mol. The molecule has 1 saturated carbocycles. The van der Waals surface area contributed by atoms with Crippen LogP contribution in [0.2, 0.25) is 0 Å². The van der Waals surface area contributed by atoms with Crippen LogP contribution in [0.4, 0.5) is 0 Å². The molecule has 0 amide bonds. The maximum atomic E-state index is 14.2. The van der Waals surface area contributed by atoms with Gasteiger partial charge >= 0.3 is 0 Å². The minimum Gasteiger partial charge on any atom is -0.497 e. The molecule has 0 N–H and O–H groups in total. The van der Waals surface area contributed by atoms with Crippen molar-refractivity contribution in [2.75, 3.05) is 7.11 Å². The summed E-state index contributed by atoms with van der Waals surface area (Å²) in [6, 6.07) is 18.2. The Bertz CT molecular complexity index is 675. The van der Waals surface area contributed by atoms with Crippen LogP contribution in [0.1, 0.15) is 37.7 Å². The molecule has 2 aromatic rings. The Morgan fingerprint density at radius 1 is 1.00 bits per heavy atom. The molecule has 0 saturated heterocycles. The van der Waals surface area contributed by atoms with E-state index in [-0.39, 0.29) is 0 Å². The van der Waals surface area contributed by atoms with Gasteiger partial charge in [0.25, 0.3) is 0 Å². The summed E-state index contributed by atoms with van der Waals surface area (Å²) >= 11 is 0. The minimum absolute atomic E-state index is 0.309. The molecule has 122 valence electrons. The van der Waals surface area contributed by atoms with Gasteiger partial charge in [-0.1, -0.05) is 61.7 Å². The third kappa shape index (κ3) is 3.70. The van der Waals surface area contributed by atoms with Gasteiger partial charge < -0.3 is 9.30 Å². The van der Waals surface area contributed by atoms with Crippen LogP contribution in [0.5, 0.6) is 5.75 Å². The van der Waals surface area contributed by atoms with Crippen molar-refractivity contribution < 1.29 is 9.30 Å². The first-order chi connectivity index (χ1) is 11.2. The van der Waals surface area contributed by atoms with Gasteiger partial charge in [0.15, 0.2) is 0 Å². The monoisotopic (exact) mass is 328 g/mol. The third-order valence-electron chi connectivity index (χ3n) is 4.92. The molecule has 2 nitrogen and oxygen atoms in total. The number of hydrogen-bond acceptors (Lipinski definition) is 2. The molecule has 0 spiro atoms. The lowest BCUT2D eigenvalue weighted by Gasteiger charge is -2.31. The van der Waals surface area contributed by atoms with Gasteiger partial charge in [-0.15, -0.1) is 0 Å². The molecule has 1 fully saturated rings. The molecule has 2 aromatic carbocycles. The smallest absolute Gasteiger partial charge is 0.122 e. The molecular weight excluding hydrogens is 303 g/mol. The van der Waals surface area contributed by atoms with Gasteiger partial charge in [0, 0.05) is 17.1 Å². The Balaban J connectivity index is 1.99. The summed E-state index contributed by atoms with van der Waals surface area (Å²) in [6.07, 6.45) is 6.51. The quantitative estimate of drug-likeness (QED) is 0.704. The Morgan fingerprint density at radius 3 is 2.43 bits per heavy atom. The number of benzene rings is 2. The van der Waals surface area contributed by atoms with Gasteiger partial charge in [0.1, 0.15) is 12.9 Å². The molecule has 0 aromatic heterocycles. The molecule has 0 radical (unpaired) electrons. The molecule has 0 bridgehead atoms. The average Bonchev–Trinajstić information content (AvgIpc) is 2.63. The Hall–Kier alpha value is -1.53. The summed E-state index contributed by atoms with van der Waals surface area (Å²) in [5, 5.41) is 0.979. The van der Waals surface area contributed by atoms with E-state index in [1.54, 1.807) is 7.11 Å². The van der Waals surface area contributed by atoms with Gasteiger partial charge in [-0.3, -0.25) is 0 Å². The molecule has 1 aliphatic carbocycles. The second-order valence-corrected chi connectivity index (χ2v) is 9.59. The fourth-order valence-electron chi connectivity index (χ4n) is 3.63. The first-order valence-corrected chi connectivity index (χ1v) is 10.5. The molecule has 1 unspecified atom stereocenters. The van der Waals surface area contributed by atoms with E-state index in [1.807, 2.05) is 42.5 Å². The standard InChI is InChI=1S/C20H25O2P/c1-22-18-11-8-14-20(15-18)23(21,19-12-6-3-7-13-19)16-17-9-4-2-5-10-17/h2,4-5,8-11,14-15,19H,3,6-7,12-13,16H2,1H3. The molecule has 3 heteroatoms. The molecule has 23 heavy (non-hydrogen) atoms. The van der Waals surface area contributed by atoms with Crippen LogP contribution in [-0.4, -0.2) is 12.8 Å². The van der Waals surface area contributed by atoms with Gasteiger partial charge in [-0.2, -0.15) is 0 Å². The van der Waals surface area contributed by atoms with Crippen molar-refractivity contribution in [2.24, 2.45) is 0 Å². The molecule has 1 aliphatic rings. The number of rotatable bonds is 5. The highest BCUT2D eigenvalue weighted by molar-refractivity contribution is 7.71. The predicted octanol–water partition coefficient (Wildman–Crippen LogP) is 5.22. The normalized spacial score (nSPS) is 18.3. The van der Waals surface area contributed by atoms with Gasteiger partial charge in [-0.25, -0.2) is 0 Å². The zero-order chi connectivity index (χ0) is 16.1. The molecule has 1 atom stereocenters. The van der Waals surface area contributed by atoms with Crippen molar-refractivity contribution in [3.63, 3.8) is 0 Å². The summed E-state index contributed by atoms with van der Waals surface area (Å²) in [4.78, 5) is 0. The van der Waals surface area contributed by atoms with E-state index in [4.69, 9.17) is 4.74 Å². The SMILES string of the molecule is COc1cccc(P(=O)(Cc2ccccc2)C2CCCCC2)c1. The largest absolute Gasteiger partial charge is 0.497 e. The lowest BCUT2D eigenvalue weighted by atomic mass is 10.0. The Labute approximate surface area is 139 Å². The Kier molecular flexibility index (Phi) is 5.23. The highest BCUT2D eigenvalue weighted by atomic mass is 31.2. The number of methoxy groups -OCH3 is 1. The lowest BCUT2D eigenvalue weighted by Crippen LogP contribution is -2.22. The van der Waals surface area contributed by atoms with E-state index >= 15 is 0 Å². The van der Waals surface area contributed by atoms with Crippen LogP contribution in [0.15, 0.2) is 54.6 Å². The van der Waals surface area contributed by atoms with Gasteiger partial charge in [-0.05, 0) is 30.5 Å².